The summed E-state index contributed by atoms with van der Waals surface area (Å²) in [5, 5.41) is 10.8. The summed E-state index contributed by atoms with van der Waals surface area (Å²) in [5.41, 5.74) is 2.11. The Labute approximate surface area is 125 Å². The first-order chi connectivity index (χ1) is 10.2. The summed E-state index contributed by atoms with van der Waals surface area (Å²) in [6.07, 6.45) is 1.47. The lowest BCUT2D eigenvalue weighted by Gasteiger charge is -2.05. The number of hydrogen-bond acceptors (Lipinski definition) is 4. The van der Waals surface area contributed by atoms with E-state index in [0.717, 1.165) is 16.2 Å². The average Bonchev–Trinajstić information content (AvgIpc) is 2.53. The van der Waals surface area contributed by atoms with Crippen LogP contribution in [0, 0.1) is 0 Å². The van der Waals surface area contributed by atoms with Gasteiger partial charge in [0.05, 0.1) is 11.1 Å². The van der Waals surface area contributed by atoms with Gasteiger partial charge in [-0.2, -0.15) is 0 Å². The SMILES string of the molecule is O=C(O)c1ccc2c(SCc3ccccc3)ncnc2c1. The molecule has 1 N–H and O–H groups in total. The van der Waals surface area contributed by atoms with Crippen LogP contribution in [0.3, 0.4) is 0 Å². The molecule has 0 aliphatic rings. The first-order valence-corrected chi connectivity index (χ1v) is 7.37. The van der Waals surface area contributed by atoms with E-state index in [9.17, 15) is 4.79 Å². The molecule has 0 aliphatic carbocycles. The maximum absolute atomic E-state index is 11.0. The third-order valence-corrected chi connectivity index (χ3v) is 4.14. The standard InChI is InChI=1S/C16H12N2O2S/c19-16(20)12-6-7-13-14(8-12)17-10-18-15(13)21-9-11-4-2-1-3-5-11/h1-8,10H,9H2,(H,19,20). The quantitative estimate of drug-likeness (QED) is 0.588. The minimum atomic E-state index is -0.950. The number of aromatic nitrogens is 2. The number of nitrogens with zero attached hydrogens (tertiary/aromatic N) is 2. The summed E-state index contributed by atoms with van der Waals surface area (Å²) >= 11 is 1.62. The van der Waals surface area contributed by atoms with Crippen LogP contribution in [0.2, 0.25) is 0 Å². The van der Waals surface area contributed by atoms with Crippen LogP contribution >= 0.6 is 11.8 Å². The van der Waals surface area contributed by atoms with Crippen molar-refractivity contribution in [1.82, 2.24) is 9.97 Å². The molecule has 0 aliphatic heterocycles. The minimum absolute atomic E-state index is 0.236. The molecule has 1 aromatic heterocycles. The lowest BCUT2D eigenvalue weighted by Crippen LogP contribution is -1.97. The maximum Gasteiger partial charge on any atom is 0.335 e. The largest absolute Gasteiger partial charge is 0.478 e. The van der Waals surface area contributed by atoms with E-state index < -0.39 is 5.97 Å². The molecule has 0 fully saturated rings. The molecule has 3 rings (SSSR count). The highest BCUT2D eigenvalue weighted by Gasteiger charge is 2.08. The molecule has 0 saturated heterocycles. The van der Waals surface area contributed by atoms with Gasteiger partial charge < -0.3 is 5.11 Å². The van der Waals surface area contributed by atoms with Crippen LogP contribution in [0.15, 0.2) is 59.9 Å². The lowest BCUT2D eigenvalue weighted by molar-refractivity contribution is 0.0697. The highest BCUT2D eigenvalue weighted by Crippen LogP contribution is 2.27. The molecule has 0 amide bonds. The summed E-state index contributed by atoms with van der Waals surface area (Å²) in [6, 6.07) is 15.1. The second-order valence-electron chi connectivity index (χ2n) is 4.49. The number of rotatable bonds is 4. The fraction of sp³-hybridized carbons (Fsp3) is 0.0625. The summed E-state index contributed by atoms with van der Waals surface area (Å²) < 4.78 is 0. The number of aromatic carboxylic acids is 1. The van der Waals surface area contributed by atoms with Gasteiger partial charge >= 0.3 is 5.97 Å². The normalized spacial score (nSPS) is 10.7. The van der Waals surface area contributed by atoms with E-state index >= 15 is 0 Å². The summed E-state index contributed by atoms with van der Waals surface area (Å²) in [7, 11) is 0. The smallest absolute Gasteiger partial charge is 0.335 e. The fourth-order valence-electron chi connectivity index (χ4n) is 2.01. The Morgan fingerprint density at radius 3 is 2.67 bits per heavy atom. The van der Waals surface area contributed by atoms with Crippen molar-refractivity contribution < 1.29 is 9.90 Å². The van der Waals surface area contributed by atoms with Crippen LogP contribution in [0.4, 0.5) is 0 Å². The van der Waals surface area contributed by atoms with E-state index in [4.69, 9.17) is 5.11 Å². The van der Waals surface area contributed by atoms with Crippen LogP contribution < -0.4 is 0 Å². The zero-order chi connectivity index (χ0) is 14.7. The third-order valence-electron chi connectivity index (χ3n) is 3.07. The van der Waals surface area contributed by atoms with Crippen molar-refractivity contribution in [3.8, 4) is 0 Å². The molecule has 0 spiro atoms. The molecule has 21 heavy (non-hydrogen) atoms. The number of thioether (sulfide) groups is 1. The highest BCUT2D eigenvalue weighted by atomic mass is 32.2. The third kappa shape index (κ3) is 3.03. The zero-order valence-corrected chi connectivity index (χ0v) is 11.9. The second-order valence-corrected chi connectivity index (χ2v) is 5.45. The minimum Gasteiger partial charge on any atom is -0.478 e. The van der Waals surface area contributed by atoms with Crippen LogP contribution in [0.5, 0.6) is 0 Å². The summed E-state index contributed by atoms with van der Waals surface area (Å²) in [5.74, 6) is -0.137. The van der Waals surface area contributed by atoms with Crippen LogP contribution in [0.25, 0.3) is 10.9 Å². The van der Waals surface area contributed by atoms with Crippen molar-refractivity contribution in [3.63, 3.8) is 0 Å². The molecule has 5 heteroatoms. The predicted octanol–water partition coefficient (Wildman–Crippen LogP) is 3.62. The first-order valence-electron chi connectivity index (χ1n) is 6.39. The zero-order valence-electron chi connectivity index (χ0n) is 11.1. The average molecular weight is 296 g/mol. The Morgan fingerprint density at radius 1 is 1.10 bits per heavy atom. The van der Waals surface area contributed by atoms with Gasteiger partial charge in [-0.25, -0.2) is 14.8 Å². The Balaban J connectivity index is 1.90. The molecular formula is C16H12N2O2S. The Hall–Kier alpha value is -2.40. The Kier molecular flexibility index (Phi) is 3.83. The number of carboxylic acid groups (broad SMARTS) is 1. The van der Waals surface area contributed by atoms with Crippen LogP contribution in [0.1, 0.15) is 15.9 Å². The van der Waals surface area contributed by atoms with E-state index in [2.05, 4.69) is 22.1 Å². The topological polar surface area (TPSA) is 63.1 Å². The Bertz CT molecular complexity index is 791. The number of benzene rings is 2. The summed E-state index contributed by atoms with van der Waals surface area (Å²) in [4.78, 5) is 19.4. The molecule has 0 saturated carbocycles. The van der Waals surface area contributed by atoms with Crippen molar-refractivity contribution in [3.05, 3.63) is 66.0 Å². The number of carbonyl (C=O) groups is 1. The van der Waals surface area contributed by atoms with Crippen molar-refractivity contribution in [1.29, 1.82) is 0 Å². The molecule has 1 heterocycles. The molecule has 0 atom stereocenters. The molecule has 2 aromatic carbocycles. The fourth-order valence-corrected chi connectivity index (χ4v) is 2.95. The monoisotopic (exact) mass is 296 g/mol. The number of carboxylic acids is 1. The molecule has 3 aromatic rings. The highest BCUT2D eigenvalue weighted by molar-refractivity contribution is 7.98. The maximum atomic E-state index is 11.0. The van der Waals surface area contributed by atoms with Crippen LogP contribution in [-0.2, 0) is 5.75 Å². The van der Waals surface area contributed by atoms with E-state index in [0.29, 0.717) is 5.52 Å². The number of fused-ring (bicyclic) bond motifs is 1. The van der Waals surface area contributed by atoms with Gasteiger partial charge in [0.1, 0.15) is 11.4 Å². The molecule has 0 unspecified atom stereocenters. The van der Waals surface area contributed by atoms with Gasteiger partial charge in [-0.3, -0.25) is 0 Å². The van der Waals surface area contributed by atoms with E-state index in [1.54, 1.807) is 30.0 Å². The van der Waals surface area contributed by atoms with Gasteiger partial charge in [-0.05, 0) is 23.8 Å². The molecule has 0 radical (unpaired) electrons. The van der Waals surface area contributed by atoms with Crippen molar-refractivity contribution in [2.24, 2.45) is 0 Å². The van der Waals surface area contributed by atoms with Gasteiger partial charge in [0.2, 0.25) is 0 Å². The molecule has 0 bridgehead atoms. The lowest BCUT2D eigenvalue weighted by atomic mass is 10.1. The van der Waals surface area contributed by atoms with Gasteiger partial charge in [-0.15, -0.1) is 11.8 Å². The summed E-state index contributed by atoms with van der Waals surface area (Å²) in [6.45, 7) is 0. The molecule has 4 nitrogen and oxygen atoms in total. The van der Waals surface area contributed by atoms with Crippen molar-refractivity contribution in [2.45, 2.75) is 10.8 Å². The van der Waals surface area contributed by atoms with Gasteiger partial charge in [-0.1, -0.05) is 30.3 Å². The van der Waals surface area contributed by atoms with E-state index in [1.165, 1.54) is 11.9 Å². The van der Waals surface area contributed by atoms with Gasteiger partial charge in [0.25, 0.3) is 0 Å². The van der Waals surface area contributed by atoms with Crippen molar-refractivity contribution in [2.75, 3.05) is 0 Å². The molecule has 104 valence electrons. The van der Waals surface area contributed by atoms with Gasteiger partial charge in [0, 0.05) is 11.1 Å². The number of hydrogen-bond donors (Lipinski definition) is 1. The predicted molar refractivity (Wildman–Crippen MR) is 82.5 cm³/mol. The van der Waals surface area contributed by atoms with Gasteiger partial charge in [0.15, 0.2) is 0 Å². The molecular weight excluding hydrogens is 284 g/mol. The van der Waals surface area contributed by atoms with E-state index in [1.807, 2.05) is 18.2 Å². The Morgan fingerprint density at radius 2 is 1.90 bits per heavy atom. The second kappa shape index (κ2) is 5.93. The van der Waals surface area contributed by atoms with E-state index in [-0.39, 0.29) is 5.56 Å². The van der Waals surface area contributed by atoms with Crippen molar-refractivity contribution >= 4 is 28.6 Å². The van der Waals surface area contributed by atoms with Crippen LogP contribution in [-0.4, -0.2) is 21.0 Å². The first kappa shape index (κ1) is 13.6.